The van der Waals surface area contributed by atoms with E-state index in [1.807, 2.05) is 6.92 Å². The first-order chi connectivity index (χ1) is 12.5. The van der Waals surface area contributed by atoms with Crippen molar-refractivity contribution < 1.29 is 24.0 Å². The van der Waals surface area contributed by atoms with Gasteiger partial charge < -0.3 is 9.47 Å². The second-order valence-corrected chi connectivity index (χ2v) is 5.00. The first-order valence-electron chi connectivity index (χ1n) is 7.69. The van der Waals surface area contributed by atoms with Gasteiger partial charge in [-0.3, -0.25) is 30.6 Å². The normalized spacial score (nSPS) is 9.88. The van der Waals surface area contributed by atoms with E-state index in [0.29, 0.717) is 23.7 Å². The fourth-order valence-electron chi connectivity index (χ4n) is 1.94. The molecule has 0 radical (unpaired) electrons. The van der Waals surface area contributed by atoms with Gasteiger partial charge in [0, 0.05) is 17.7 Å². The molecular weight excluding hydrogens is 342 g/mol. The van der Waals surface area contributed by atoms with Gasteiger partial charge in [-0.2, -0.15) is 0 Å². The Morgan fingerprint density at radius 3 is 2.42 bits per heavy atom. The van der Waals surface area contributed by atoms with E-state index < -0.39 is 16.7 Å². The molecule has 0 saturated heterocycles. The molecule has 26 heavy (non-hydrogen) atoms. The zero-order chi connectivity index (χ0) is 18.9. The molecule has 0 aliphatic heterocycles. The lowest BCUT2D eigenvalue weighted by atomic mass is 10.2. The highest BCUT2D eigenvalue weighted by Crippen LogP contribution is 2.17. The minimum Gasteiger partial charge on any atom is -0.494 e. The predicted octanol–water partition coefficient (Wildman–Crippen LogP) is 1.83. The monoisotopic (exact) mass is 359 g/mol. The minimum absolute atomic E-state index is 0.0802. The lowest BCUT2D eigenvalue weighted by Crippen LogP contribution is -2.43. The van der Waals surface area contributed by atoms with Gasteiger partial charge >= 0.3 is 0 Å². The van der Waals surface area contributed by atoms with Crippen LogP contribution in [0.1, 0.15) is 17.3 Å². The van der Waals surface area contributed by atoms with Crippen LogP contribution in [-0.2, 0) is 4.79 Å². The van der Waals surface area contributed by atoms with Crippen molar-refractivity contribution in [2.24, 2.45) is 0 Å². The third-order valence-electron chi connectivity index (χ3n) is 3.14. The van der Waals surface area contributed by atoms with Crippen LogP contribution in [0.15, 0.2) is 48.5 Å². The summed E-state index contributed by atoms with van der Waals surface area (Å²) in [5.41, 5.74) is 4.73. The highest BCUT2D eigenvalue weighted by atomic mass is 16.6. The maximum atomic E-state index is 12.0. The number of carbonyl (C=O) groups is 2. The van der Waals surface area contributed by atoms with E-state index in [0.717, 1.165) is 0 Å². The number of amides is 2. The summed E-state index contributed by atoms with van der Waals surface area (Å²) in [6, 6.07) is 11.8. The van der Waals surface area contributed by atoms with Gasteiger partial charge in [0.05, 0.1) is 11.5 Å². The molecule has 2 rings (SSSR count). The molecule has 2 aromatic rings. The van der Waals surface area contributed by atoms with E-state index >= 15 is 0 Å². The van der Waals surface area contributed by atoms with Crippen LogP contribution in [0, 0.1) is 10.1 Å². The number of nitro groups is 1. The van der Waals surface area contributed by atoms with Crippen LogP contribution in [0.25, 0.3) is 0 Å². The maximum absolute atomic E-state index is 12.0. The molecule has 2 amide bonds. The molecule has 0 unspecified atom stereocenters. The summed E-state index contributed by atoms with van der Waals surface area (Å²) < 4.78 is 10.5. The van der Waals surface area contributed by atoms with Gasteiger partial charge in [0.25, 0.3) is 17.5 Å². The third-order valence-corrected chi connectivity index (χ3v) is 3.14. The van der Waals surface area contributed by atoms with Crippen LogP contribution in [-0.4, -0.2) is 30.0 Å². The summed E-state index contributed by atoms with van der Waals surface area (Å²) in [7, 11) is 0. The number of nitrogens with zero attached hydrogens (tertiary/aromatic N) is 1. The molecule has 0 aromatic heterocycles. The molecule has 0 heterocycles. The molecule has 9 nitrogen and oxygen atoms in total. The zero-order valence-electron chi connectivity index (χ0n) is 13.9. The first-order valence-corrected chi connectivity index (χ1v) is 7.69. The van der Waals surface area contributed by atoms with Crippen LogP contribution in [0.4, 0.5) is 5.69 Å². The molecule has 0 atom stereocenters. The van der Waals surface area contributed by atoms with Crippen LogP contribution in [0.5, 0.6) is 11.5 Å². The van der Waals surface area contributed by atoms with E-state index in [-0.39, 0.29) is 12.3 Å². The highest BCUT2D eigenvalue weighted by Gasteiger charge is 2.10. The quantitative estimate of drug-likeness (QED) is 0.575. The summed E-state index contributed by atoms with van der Waals surface area (Å²) >= 11 is 0. The number of hydrogen-bond acceptors (Lipinski definition) is 6. The molecule has 0 aliphatic carbocycles. The topological polar surface area (TPSA) is 120 Å². The number of carbonyl (C=O) groups excluding carboxylic acids is 2. The van der Waals surface area contributed by atoms with Crippen LogP contribution in [0.2, 0.25) is 0 Å². The molecule has 0 bridgehead atoms. The number of hydrazine groups is 1. The molecule has 9 heteroatoms. The predicted molar refractivity (Wildman–Crippen MR) is 91.8 cm³/mol. The Kier molecular flexibility index (Phi) is 6.49. The van der Waals surface area contributed by atoms with E-state index in [4.69, 9.17) is 9.47 Å². The average molecular weight is 359 g/mol. The summed E-state index contributed by atoms with van der Waals surface area (Å²) in [5, 5.41) is 10.6. The molecule has 0 fully saturated rings. The summed E-state index contributed by atoms with van der Waals surface area (Å²) in [4.78, 5) is 33.7. The van der Waals surface area contributed by atoms with Gasteiger partial charge in [0.2, 0.25) is 0 Å². The van der Waals surface area contributed by atoms with Crippen molar-refractivity contribution in [3.05, 3.63) is 64.2 Å². The fraction of sp³-hybridized carbons (Fsp3) is 0.176. The minimum atomic E-state index is -0.585. The van der Waals surface area contributed by atoms with Crippen molar-refractivity contribution in [1.82, 2.24) is 10.9 Å². The van der Waals surface area contributed by atoms with Crippen molar-refractivity contribution in [2.45, 2.75) is 6.92 Å². The van der Waals surface area contributed by atoms with Crippen molar-refractivity contribution in [3.63, 3.8) is 0 Å². The van der Waals surface area contributed by atoms with E-state index in [9.17, 15) is 19.7 Å². The van der Waals surface area contributed by atoms with Gasteiger partial charge in [0.15, 0.2) is 6.61 Å². The van der Waals surface area contributed by atoms with Crippen LogP contribution in [0.3, 0.4) is 0 Å². The molecule has 0 saturated carbocycles. The Morgan fingerprint density at radius 2 is 1.77 bits per heavy atom. The summed E-state index contributed by atoms with van der Waals surface area (Å²) in [5.74, 6) is -0.248. The number of hydrogen-bond donors (Lipinski definition) is 2. The van der Waals surface area contributed by atoms with E-state index in [2.05, 4.69) is 10.9 Å². The lowest BCUT2D eigenvalue weighted by Gasteiger charge is -2.09. The Balaban J connectivity index is 1.80. The SMILES string of the molecule is CCOc1cccc(C(=O)NNC(=O)COc2ccc([N+](=O)[O-])cc2)c1. The Bertz CT molecular complexity index is 791. The lowest BCUT2D eigenvalue weighted by molar-refractivity contribution is -0.384. The number of benzene rings is 2. The highest BCUT2D eigenvalue weighted by molar-refractivity contribution is 5.95. The first kappa shape index (κ1) is 18.7. The summed E-state index contributed by atoms with van der Waals surface area (Å²) in [6.07, 6.45) is 0. The molecule has 2 aromatic carbocycles. The van der Waals surface area contributed by atoms with Gasteiger partial charge in [-0.25, -0.2) is 0 Å². The fourth-order valence-corrected chi connectivity index (χ4v) is 1.94. The Hall–Kier alpha value is -3.62. The maximum Gasteiger partial charge on any atom is 0.276 e. The standard InChI is InChI=1S/C17H17N3O6/c1-2-25-15-5-3-4-12(10-15)17(22)19-18-16(21)11-26-14-8-6-13(7-9-14)20(23)24/h3-10H,2,11H2,1H3,(H,18,21)(H,19,22). The van der Waals surface area contributed by atoms with Gasteiger partial charge in [-0.1, -0.05) is 6.07 Å². The number of nitrogens with one attached hydrogen (secondary N) is 2. The second-order valence-electron chi connectivity index (χ2n) is 5.00. The second kappa shape index (κ2) is 9.02. The molecule has 0 aliphatic rings. The van der Waals surface area contributed by atoms with E-state index in [1.54, 1.807) is 24.3 Å². The van der Waals surface area contributed by atoms with Gasteiger partial charge in [-0.15, -0.1) is 0 Å². The number of rotatable bonds is 7. The van der Waals surface area contributed by atoms with E-state index in [1.165, 1.54) is 24.3 Å². The van der Waals surface area contributed by atoms with Crippen molar-refractivity contribution in [2.75, 3.05) is 13.2 Å². The number of nitro benzene ring substituents is 1. The van der Waals surface area contributed by atoms with Crippen LogP contribution < -0.4 is 20.3 Å². The number of ether oxygens (including phenoxy) is 2. The Morgan fingerprint density at radius 1 is 1.04 bits per heavy atom. The average Bonchev–Trinajstić information content (AvgIpc) is 2.65. The molecule has 136 valence electrons. The largest absolute Gasteiger partial charge is 0.494 e. The van der Waals surface area contributed by atoms with Crippen molar-refractivity contribution in [3.8, 4) is 11.5 Å². The smallest absolute Gasteiger partial charge is 0.276 e. The van der Waals surface area contributed by atoms with Gasteiger partial charge in [-0.05, 0) is 37.3 Å². The van der Waals surface area contributed by atoms with Crippen molar-refractivity contribution in [1.29, 1.82) is 0 Å². The molecular formula is C17H17N3O6. The Labute approximate surface area is 149 Å². The molecule has 0 spiro atoms. The van der Waals surface area contributed by atoms with Crippen LogP contribution >= 0.6 is 0 Å². The van der Waals surface area contributed by atoms with Gasteiger partial charge in [0.1, 0.15) is 11.5 Å². The number of non-ortho nitro benzene ring substituents is 1. The third kappa shape index (κ3) is 5.48. The molecule has 2 N–H and O–H groups in total. The summed E-state index contributed by atoms with van der Waals surface area (Å²) in [6.45, 7) is 1.94. The van der Waals surface area contributed by atoms with Crippen molar-refractivity contribution >= 4 is 17.5 Å². The zero-order valence-corrected chi connectivity index (χ0v) is 13.9.